The molecule has 0 fully saturated rings. The highest BCUT2D eigenvalue weighted by molar-refractivity contribution is 9.10. The molecule has 0 bridgehead atoms. The van der Waals surface area contributed by atoms with Gasteiger partial charge in [0.25, 0.3) is 0 Å². The van der Waals surface area contributed by atoms with Gasteiger partial charge in [-0.25, -0.2) is 9.79 Å². The molecular formula is C9H7BrClNO. The molecule has 0 heterocycles. The minimum absolute atomic E-state index is 0.328. The molecule has 4 heteroatoms. The van der Waals surface area contributed by atoms with E-state index in [1.807, 2.05) is 19.1 Å². The van der Waals surface area contributed by atoms with Crippen molar-refractivity contribution in [2.75, 3.05) is 0 Å². The number of carbonyl (C=O) groups excluding carboxylic acids is 1. The quantitative estimate of drug-likeness (QED) is 0.593. The molecule has 13 heavy (non-hydrogen) atoms. The zero-order valence-electron chi connectivity index (χ0n) is 6.97. The predicted molar refractivity (Wildman–Crippen MR) is 55.7 cm³/mol. The SMILES string of the molecule is Cc1c(Cl)cc(Br)cc1CN=C=O. The van der Waals surface area contributed by atoms with Gasteiger partial charge in [-0.05, 0) is 30.2 Å². The van der Waals surface area contributed by atoms with Gasteiger partial charge in [0.05, 0.1) is 6.54 Å². The molecular weight excluding hydrogens is 253 g/mol. The minimum atomic E-state index is 0.328. The summed E-state index contributed by atoms with van der Waals surface area (Å²) in [6, 6.07) is 3.70. The maximum atomic E-state index is 9.92. The molecule has 0 N–H and O–H groups in total. The Balaban J connectivity index is 3.12. The molecule has 0 amide bonds. The van der Waals surface area contributed by atoms with E-state index in [1.54, 1.807) is 0 Å². The first-order chi connectivity index (χ1) is 6.15. The van der Waals surface area contributed by atoms with E-state index < -0.39 is 0 Å². The Bertz CT molecular complexity index is 372. The van der Waals surface area contributed by atoms with Crippen molar-refractivity contribution in [1.29, 1.82) is 0 Å². The molecule has 0 unspecified atom stereocenters. The third-order valence-electron chi connectivity index (χ3n) is 1.73. The highest BCUT2D eigenvalue weighted by Gasteiger charge is 2.03. The summed E-state index contributed by atoms with van der Waals surface area (Å²) in [6.07, 6.45) is 1.50. The third-order valence-corrected chi connectivity index (χ3v) is 2.58. The lowest BCUT2D eigenvalue weighted by Crippen LogP contribution is -1.88. The van der Waals surface area contributed by atoms with Crippen molar-refractivity contribution < 1.29 is 4.79 Å². The molecule has 0 aromatic heterocycles. The van der Waals surface area contributed by atoms with Crippen LogP contribution in [-0.2, 0) is 11.3 Å². The van der Waals surface area contributed by atoms with Gasteiger partial charge in [-0.1, -0.05) is 27.5 Å². The maximum Gasteiger partial charge on any atom is 0.235 e. The predicted octanol–water partition coefficient (Wildman–Crippen LogP) is 3.25. The summed E-state index contributed by atoms with van der Waals surface area (Å²) in [4.78, 5) is 13.4. The van der Waals surface area contributed by atoms with Gasteiger partial charge in [0.1, 0.15) is 0 Å². The molecule has 0 saturated heterocycles. The maximum absolute atomic E-state index is 9.92. The van der Waals surface area contributed by atoms with Gasteiger partial charge >= 0.3 is 0 Å². The number of nitrogens with zero attached hydrogens (tertiary/aromatic N) is 1. The largest absolute Gasteiger partial charge is 0.235 e. The van der Waals surface area contributed by atoms with Crippen LogP contribution in [0.15, 0.2) is 21.6 Å². The standard InChI is InChI=1S/C9H7BrClNO/c1-6-7(4-12-5-13)2-8(10)3-9(6)11/h2-3H,4H2,1H3. The number of benzene rings is 1. The Morgan fingerprint density at radius 3 is 2.92 bits per heavy atom. The fourth-order valence-corrected chi connectivity index (χ4v) is 1.86. The van der Waals surface area contributed by atoms with Crippen molar-refractivity contribution in [2.24, 2.45) is 4.99 Å². The van der Waals surface area contributed by atoms with Crippen LogP contribution < -0.4 is 0 Å². The van der Waals surface area contributed by atoms with Crippen LogP contribution >= 0.6 is 27.5 Å². The fraction of sp³-hybridized carbons (Fsp3) is 0.222. The Labute approximate surface area is 89.8 Å². The van der Waals surface area contributed by atoms with Gasteiger partial charge in [-0.3, -0.25) is 0 Å². The first kappa shape index (κ1) is 10.5. The molecule has 1 aromatic rings. The van der Waals surface area contributed by atoms with Crippen molar-refractivity contribution in [3.8, 4) is 0 Å². The summed E-state index contributed by atoms with van der Waals surface area (Å²) in [6.45, 7) is 2.22. The van der Waals surface area contributed by atoms with Crippen LogP contribution in [0.4, 0.5) is 0 Å². The average molecular weight is 261 g/mol. The van der Waals surface area contributed by atoms with Crippen LogP contribution in [0.5, 0.6) is 0 Å². The number of rotatable bonds is 2. The highest BCUT2D eigenvalue weighted by atomic mass is 79.9. The van der Waals surface area contributed by atoms with Crippen LogP contribution in [-0.4, -0.2) is 6.08 Å². The van der Waals surface area contributed by atoms with Gasteiger partial charge in [-0.15, -0.1) is 0 Å². The molecule has 0 atom stereocenters. The zero-order valence-corrected chi connectivity index (χ0v) is 9.32. The lowest BCUT2D eigenvalue weighted by Gasteiger charge is -2.04. The third kappa shape index (κ3) is 2.66. The average Bonchev–Trinajstić information content (AvgIpc) is 2.09. The second kappa shape index (κ2) is 4.56. The minimum Gasteiger partial charge on any atom is -0.211 e. The van der Waals surface area contributed by atoms with Crippen molar-refractivity contribution in [2.45, 2.75) is 13.5 Å². The summed E-state index contributed by atoms with van der Waals surface area (Å²) in [5.74, 6) is 0. The number of aliphatic imine (C=N–C) groups is 1. The van der Waals surface area contributed by atoms with Gasteiger partial charge in [0.15, 0.2) is 0 Å². The molecule has 1 rings (SSSR count). The van der Waals surface area contributed by atoms with Gasteiger partial charge in [0.2, 0.25) is 6.08 Å². The summed E-state index contributed by atoms with van der Waals surface area (Å²) in [5.41, 5.74) is 1.88. The molecule has 68 valence electrons. The lowest BCUT2D eigenvalue weighted by molar-refractivity contribution is 0.562. The van der Waals surface area contributed by atoms with Gasteiger partial charge in [-0.2, -0.15) is 0 Å². The second-order valence-corrected chi connectivity index (χ2v) is 3.90. The smallest absolute Gasteiger partial charge is 0.211 e. The second-order valence-electron chi connectivity index (χ2n) is 2.58. The molecule has 0 aliphatic carbocycles. The Morgan fingerprint density at radius 2 is 2.31 bits per heavy atom. The molecule has 2 nitrogen and oxygen atoms in total. The van der Waals surface area contributed by atoms with Crippen LogP contribution in [0.3, 0.4) is 0 Å². The Kier molecular flexibility index (Phi) is 3.67. The molecule has 0 spiro atoms. The van der Waals surface area contributed by atoms with Crippen LogP contribution in [0, 0.1) is 6.92 Å². The fourth-order valence-electron chi connectivity index (χ4n) is 0.981. The molecule has 0 aliphatic rings. The summed E-state index contributed by atoms with van der Waals surface area (Å²) < 4.78 is 0.888. The van der Waals surface area contributed by atoms with Gasteiger partial charge in [0, 0.05) is 9.50 Å². The zero-order chi connectivity index (χ0) is 9.84. The van der Waals surface area contributed by atoms with E-state index >= 15 is 0 Å². The topological polar surface area (TPSA) is 29.4 Å². The Morgan fingerprint density at radius 1 is 1.62 bits per heavy atom. The van der Waals surface area contributed by atoms with Crippen molar-refractivity contribution in [3.05, 3.63) is 32.8 Å². The molecule has 0 radical (unpaired) electrons. The summed E-state index contributed by atoms with van der Waals surface area (Å²) in [7, 11) is 0. The van der Waals surface area contributed by atoms with E-state index in [0.29, 0.717) is 11.6 Å². The van der Waals surface area contributed by atoms with E-state index in [0.717, 1.165) is 15.6 Å². The van der Waals surface area contributed by atoms with Gasteiger partial charge < -0.3 is 0 Å². The monoisotopic (exact) mass is 259 g/mol. The number of hydrogen-bond acceptors (Lipinski definition) is 2. The number of isocyanates is 1. The van der Waals surface area contributed by atoms with Crippen LogP contribution in [0.1, 0.15) is 11.1 Å². The number of halogens is 2. The lowest BCUT2D eigenvalue weighted by atomic mass is 10.1. The first-order valence-corrected chi connectivity index (χ1v) is 4.80. The Hall–Kier alpha value is -0.630. The van der Waals surface area contributed by atoms with E-state index in [1.165, 1.54) is 6.08 Å². The van der Waals surface area contributed by atoms with E-state index in [4.69, 9.17) is 11.6 Å². The van der Waals surface area contributed by atoms with Crippen molar-refractivity contribution >= 4 is 33.6 Å². The van der Waals surface area contributed by atoms with Crippen LogP contribution in [0.2, 0.25) is 5.02 Å². The van der Waals surface area contributed by atoms with E-state index in [9.17, 15) is 4.79 Å². The normalized spacial score (nSPS) is 9.46. The van der Waals surface area contributed by atoms with E-state index in [2.05, 4.69) is 20.9 Å². The van der Waals surface area contributed by atoms with Crippen molar-refractivity contribution in [3.63, 3.8) is 0 Å². The molecule has 0 aliphatic heterocycles. The molecule has 0 saturated carbocycles. The van der Waals surface area contributed by atoms with Crippen LogP contribution in [0.25, 0.3) is 0 Å². The highest BCUT2D eigenvalue weighted by Crippen LogP contribution is 2.25. The first-order valence-electron chi connectivity index (χ1n) is 3.63. The van der Waals surface area contributed by atoms with E-state index in [-0.39, 0.29) is 0 Å². The van der Waals surface area contributed by atoms with Crippen molar-refractivity contribution in [1.82, 2.24) is 0 Å². The summed E-state index contributed by atoms with van der Waals surface area (Å²) >= 11 is 9.24. The summed E-state index contributed by atoms with van der Waals surface area (Å²) in [5, 5.41) is 0.672. The molecule has 1 aromatic carbocycles. The number of hydrogen-bond donors (Lipinski definition) is 0.